The Kier molecular flexibility index (Phi) is 9.46. The molecular formula is C16H23F3O3Si. The quantitative estimate of drug-likeness (QED) is 0.336. The lowest BCUT2D eigenvalue weighted by atomic mass is 10.1. The van der Waals surface area contributed by atoms with Crippen LogP contribution in [-0.4, -0.2) is 29.5 Å². The standard InChI is InChI=1S/C16H23F3O3Si/c1-3-20-15(21-4-2)22-23-11-6-5-8-13-9-7-10-14(12-13)16(17,18)19/h7,9-10,12,15H,3-6,8,11H2,1-2H3. The fourth-order valence-electron chi connectivity index (χ4n) is 1.94. The molecule has 130 valence electrons. The fraction of sp³-hybridized carbons (Fsp3) is 0.625. The molecule has 0 aliphatic heterocycles. The van der Waals surface area contributed by atoms with Gasteiger partial charge in [0.2, 0.25) is 9.76 Å². The molecular weight excluding hydrogens is 325 g/mol. The van der Waals surface area contributed by atoms with Gasteiger partial charge in [0.15, 0.2) is 0 Å². The van der Waals surface area contributed by atoms with E-state index in [-0.39, 0.29) is 9.76 Å². The minimum atomic E-state index is -4.28. The molecule has 0 N–H and O–H groups in total. The molecule has 0 aliphatic rings. The molecule has 0 fully saturated rings. The van der Waals surface area contributed by atoms with Crippen molar-refractivity contribution in [1.29, 1.82) is 0 Å². The van der Waals surface area contributed by atoms with Crippen molar-refractivity contribution in [3.05, 3.63) is 35.4 Å². The highest BCUT2D eigenvalue weighted by atomic mass is 28.2. The summed E-state index contributed by atoms with van der Waals surface area (Å²) in [6.07, 6.45) is -1.93. The van der Waals surface area contributed by atoms with E-state index in [0.717, 1.165) is 25.0 Å². The second-order valence-corrected chi connectivity index (χ2v) is 5.89. The molecule has 1 aromatic rings. The zero-order valence-corrected chi connectivity index (χ0v) is 14.5. The number of hydrogen-bond donors (Lipinski definition) is 0. The summed E-state index contributed by atoms with van der Waals surface area (Å²) >= 11 is 0. The molecule has 3 nitrogen and oxygen atoms in total. The van der Waals surface area contributed by atoms with Crippen molar-refractivity contribution in [2.24, 2.45) is 0 Å². The van der Waals surface area contributed by atoms with E-state index in [0.29, 0.717) is 25.2 Å². The van der Waals surface area contributed by atoms with Crippen LogP contribution < -0.4 is 0 Å². The molecule has 0 spiro atoms. The van der Waals surface area contributed by atoms with Crippen molar-refractivity contribution in [3.8, 4) is 0 Å². The Balaban J connectivity index is 2.22. The van der Waals surface area contributed by atoms with Gasteiger partial charge in [-0.05, 0) is 44.4 Å². The lowest BCUT2D eigenvalue weighted by molar-refractivity contribution is -0.243. The van der Waals surface area contributed by atoms with Gasteiger partial charge < -0.3 is 13.9 Å². The highest BCUT2D eigenvalue weighted by Crippen LogP contribution is 2.29. The number of unbranched alkanes of at least 4 members (excludes halogenated alkanes) is 1. The third-order valence-electron chi connectivity index (χ3n) is 3.03. The summed E-state index contributed by atoms with van der Waals surface area (Å²) in [5, 5.41) is 0. The topological polar surface area (TPSA) is 27.7 Å². The predicted octanol–water partition coefficient (Wildman–Crippen LogP) is 4.44. The predicted molar refractivity (Wildman–Crippen MR) is 83.1 cm³/mol. The van der Waals surface area contributed by atoms with E-state index in [9.17, 15) is 13.2 Å². The van der Waals surface area contributed by atoms with Crippen molar-refractivity contribution < 1.29 is 27.1 Å². The van der Waals surface area contributed by atoms with E-state index in [1.807, 2.05) is 13.8 Å². The summed E-state index contributed by atoms with van der Waals surface area (Å²) in [5.41, 5.74) is 0.127. The first-order valence-corrected chi connectivity index (χ1v) is 8.86. The number of rotatable bonds is 11. The van der Waals surface area contributed by atoms with Crippen LogP contribution in [0.2, 0.25) is 6.04 Å². The van der Waals surface area contributed by atoms with E-state index < -0.39 is 18.2 Å². The number of hydrogen-bond acceptors (Lipinski definition) is 3. The van der Waals surface area contributed by atoms with Crippen molar-refractivity contribution in [2.75, 3.05) is 13.2 Å². The molecule has 0 saturated carbocycles. The molecule has 23 heavy (non-hydrogen) atoms. The van der Waals surface area contributed by atoms with Gasteiger partial charge >= 0.3 is 6.18 Å². The van der Waals surface area contributed by atoms with Crippen molar-refractivity contribution in [2.45, 2.75) is 51.8 Å². The van der Waals surface area contributed by atoms with Crippen LogP contribution >= 0.6 is 0 Å². The van der Waals surface area contributed by atoms with Crippen LogP contribution in [0.1, 0.15) is 37.8 Å². The van der Waals surface area contributed by atoms with Gasteiger partial charge in [0, 0.05) is 13.2 Å². The summed E-state index contributed by atoms with van der Waals surface area (Å²) in [6.45, 7) is 4.16. The van der Waals surface area contributed by atoms with Gasteiger partial charge in [-0.25, -0.2) is 0 Å². The first-order chi connectivity index (χ1) is 11.0. The van der Waals surface area contributed by atoms with E-state index in [4.69, 9.17) is 13.9 Å². The van der Waals surface area contributed by atoms with E-state index in [1.54, 1.807) is 6.07 Å². The largest absolute Gasteiger partial charge is 0.416 e. The Morgan fingerprint density at radius 1 is 1.09 bits per heavy atom. The second-order valence-electron chi connectivity index (χ2n) is 4.87. The Labute approximate surface area is 138 Å². The lowest BCUT2D eigenvalue weighted by Crippen LogP contribution is -2.22. The highest BCUT2D eigenvalue weighted by molar-refractivity contribution is 6.27. The van der Waals surface area contributed by atoms with Gasteiger partial charge in [0.05, 0.1) is 5.56 Å². The summed E-state index contributed by atoms with van der Waals surface area (Å²) in [5.74, 6) is 0. The van der Waals surface area contributed by atoms with Gasteiger partial charge in [0.25, 0.3) is 6.48 Å². The van der Waals surface area contributed by atoms with E-state index in [1.165, 1.54) is 12.1 Å². The lowest BCUT2D eigenvalue weighted by Gasteiger charge is -2.16. The van der Waals surface area contributed by atoms with Crippen LogP contribution in [0.25, 0.3) is 0 Å². The fourth-order valence-corrected chi connectivity index (χ4v) is 2.73. The average molecular weight is 348 g/mol. The summed E-state index contributed by atoms with van der Waals surface area (Å²) in [6, 6.07) is 6.35. The SMILES string of the molecule is CCOC(OCC)O[Si]CCCCc1cccc(C(F)(F)F)c1. The van der Waals surface area contributed by atoms with Crippen LogP contribution in [-0.2, 0) is 26.5 Å². The zero-order chi connectivity index (χ0) is 17.1. The molecule has 1 aromatic carbocycles. The molecule has 0 heterocycles. The molecule has 0 atom stereocenters. The summed E-state index contributed by atoms with van der Waals surface area (Å²) < 4.78 is 53.8. The smallest absolute Gasteiger partial charge is 0.372 e. The third kappa shape index (κ3) is 8.50. The number of alkyl halides is 3. The van der Waals surface area contributed by atoms with Gasteiger partial charge in [-0.2, -0.15) is 13.2 Å². The molecule has 2 radical (unpaired) electrons. The monoisotopic (exact) mass is 348 g/mol. The van der Waals surface area contributed by atoms with Crippen LogP contribution in [0, 0.1) is 0 Å². The van der Waals surface area contributed by atoms with Crippen LogP contribution in [0.5, 0.6) is 0 Å². The number of ether oxygens (including phenoxy) is 2. The minimum absolute atomic E-state index is 0.258. The molecule has 0 unspecified atom stereocenters. The van der Waals surface area contributed by atoms with Gasteiger partial charge in [-0.15, -0.1) is 0 Å². The maximum absolute atomic E-state index is 12.6. The molecule has 0 aromatic heterocycles. The number of halogens is 3. The van der Waals surface area contributed by atoms with Gasteiger partial charge in [-0.1, -0.05) is 24.6 Å². The molecule has 7 heteroatoms. The van der Waals surface area contributed by atoms with Crippen molar-refractivity contribution in [1.82, 2.24) is 0 Å². The second kappa shape index (κ2) is 10.8. The van der Waals surface area contributed by atoms with Crippen LogP contribution in [0.3, 0.4) is 0 Å². The molecule has 1 rings (SSSR count). The van der Waals surface area contributed by atoms with Crippen LogP contribution in [0.4, 0.5) is 13.2 Å². The Morgan fingerprint density at radius 3 is 2.39 bits per heavy atom. The van der Waals surface area contributed by atoms with E-state index in [2.05, 4.69) is 0 Å². The summed E-state index contributed by atoms with van der Waals surface area (Å²) in [7, 11) is 0.258. The maximum Gasteiger partial charge on any atom is 0.416 e. The van der Waals surface area contributed by atoms with Crippen molar-refractivity contribution in [3.63, 3.8) is 0 Å². The number of aryl methyl sites for hydroxylation is 1. The number of benzene rings is 1. The van der Waals surface area contributed by atoms with E-state index >= 15 is 0 Å². The maximum atomic E-state index is 12.6. The Hall–Kier alpha value is -0.893. The molecule has 0 amide bonds. The van der Waals surface area contributed by atoms with Crippen molar-refractivity contribution >= 4 is 9.76 Å². The van der Waals surface area contributed by atoms with Gasteiger partial charge in [-0.3, -0.25) is 0 Å². The molecule has 0 bridgehead atoms. The highest BCUT2D eigenvalue weighted by Gasteiger charge is 2.30. The normalized spacial score (nSPS) is 12.1. The van der Waals surface area contributed by atoms with Gasteiger partial charge in [0.1, 0.15) is 0 Å². The summed E-state index contributed by atoms with van der Waals surface area (Å²) in [4.78, 5) is 0. The molecule has 0 aliphatic carbocycles. The zero-order valence-electron chi connectivity index (χ0n) is 13.5. The van der Waals surface area contributed by atoms with Crippen LogP contribution in [0.15, 0.2) is 24.3 Å². The molecule has 0 saturated heterocycles. The first kappa shape index (κ1) is 20.2. The third-order valence-corrected chi connectivity index (χ3v) is 3.95. The Bertz CT molecular complexity index is 435. The first-order valence-electron chi connectivity index (χ1n) is 7.75. The Morgan fingerprint density at radius 2 is 1.78 bits per heavy atom. The minimum Gasteiger partial charge on any atom is -0.372 e. The average Bonchev–Trinajstić information content (AvgIpc) is 2.50.